The molecule has 0 saturated heterocycles. The summed E-state index contributed by atoms with van der Waals surface area (Å²) in [5.41, 5.74) is 0.316. The Balaban J connectivity index is 1.84. The van der Waals surface area contributed by atoms with E-state index in [4.69, 9.17) is 4.74 Å². The van der Waals surface area contributed by atoms with Gasteiger partial charge in [0.15, 0.2) is 0 Å². The fourth-order valence-electron chi connectivity index (χ4n) is 4.09. The number of hydrogen-bond acceptors (Lipinski definition) is 2. The molecule has 3 heteroatoms. The molecule has 21 heavy (non-hydrogen) atoms. The molecule has 0 spiro atoms. The number of carbonyl (C=O) groups is 1. The Hall–Kier alpha value is -1.51. The van der Waals surface area contributed by atoms with Gasteiger partial charge in [-0.1, -0.05) is 44.4 Å². The number of aliphatic carboxylic acids is 1. The molecule has 1 unspecified atom stereocenters. The number of carboxylic acid groups (broad SMARTS) is 1. The third kappa shape index (κ3) is 2.54. The molecule has 1 heterocycles. The van der Waals surface area contributed by atoms with Crippen molar-refractivity contribution in [3.8, 4) is 5.75 Å². The fourth-order valence-corrected chi connectivity index (χ4v) is 4.09. The molecule has 1 aliphatic heterocycles. The van der Waals surface area contributed by atoms with Crippen molar-refractivity contribution in [1.29, 1.82) is 0 Å². The summed E-state index contributed by atoms with van der Waals surface area (Å²) in [6.07, 6.45) is 6.20. The van der Waals surface area contributed by atoms with E-state index in [0.717, 1.165) is 42.9 Å². The summed E-state index contributed by atoms with van der Waals surface area (Å²) in [6, 6.07) is 7.85. The van der Waals surface area contributed by atoms with Gasteiger partial charge in [0.05, 0.1) is 0 Å². The van der Waals surface area contributed by atoms with Crippen LogP contribution in [-0.2, 0) is 11.2 Å². The van der Waals surface area contributed by atoms with Crippen LogP contribution in [0.3, 0.4) is 0 Å². The smallest absolute Gasteiger partial charge is 0.313 e. The van der Waals surface area contributed by atoms with Crippen LogP contribution in [0.2, 0.25) is 0 Å². The lowest BCUT2D eigenvalue weighted by Gasteiger charge is -2.43. The van der Waals surface area contributed by atoms with Crippen molar-refractivity contribution in [2.45, 2.75) is 45.4 Å². The van der Waals surface area contributed by atoms with E-state index in [1.807, 2.05) is 24.3 Å². The molecule has 3 nitrogen and oxygen atoms in total. The van der Waals surface area contributed by atoms with E-state index in [1.54, 1.807) is 0 Å². The molecule has 1 aliphatic carbocycles. The number of rotatable bonds is 3. The molecule has 1 atom stereocenters. The monoisotopic (exact) mass is 288 g/mol. The third-order valence-corrected chi connectivity index (χ3v) is 5.60. The lowest BCUT2D eigenvalue weighted by atomic mass is 9.63. The SMILES string of the molecule is CCC1CCC(C2(C(=O)O)COc3ccccc3C2)CC1. The van der Waals surface area contributed by atoms with Gasteiger partial charge in [-0.25, -0.2) is 0 Å². The van der Waals surface area contributed by atoms with Gasteiger partial charge in [0, 0.05) is 0 Å². The summed E-state index contributed by atoms with van der Waals surface area (Å²) in [4.78, 5) is 12.1. The molecule has 3 rings (SSSR count). The van der Waals surface area contributed by atoms with Gasteiger partial charge in [-0.2, -0.15) is 0 Å². The Bertz CT molecular complexity index is 517. The Labute approximate surface area is 126 Å². The lowest BCUT2D eigenvalue weighted by molar-refractivity contribution is -0.157. The van der Waals surface area contributed by atoms with Crippen LogP contribution in [-0.4, -0.2) is 17.7 Å². The van der Waals surface area contributed by atoms with Crippen molar-refractivity contribution >= 4 is 5.97 Å². The standard InChI is InChI=1S/C18H24O3/c1-2-13-7-9-15(10-8-13)18(17(19)20)11-14-5-3-4-6-16(14)21-12-18/h3-6,13,15H,2,7-12H2,1H3,(H,19,20). The van der Waals surface area contributed by atoms with Crippen molar-refractivity contribution < 1.29 is 14.6 Å². The zero-order valence-electron chi connectivity index (χ0n) is 12.7. The van der Waals surface area contributed by atoms with Crippen LogP contribution in [0.1, 0.15) is 44.6 Å². The fraction of sp³-hybridized carbons (Fsp3) is 0.611. The highest BCUT2D eigenvalue weighted by Crippen LogP contribution is 2.47. The van der Waals surface area contributed by atoms with E-state index < -0.39 is 11.4 Å². The van der Waals surface area contributed by atoms with Gasteiger partial charge in [-0.05, 0) is 42.7 Å². The van der Waals surface area contributed by atoms with Crippen LogP contribution in [0.15, 0.2) is 24.3 Å². The highest BCUT2D eigenvalue weighted by Gasteiger charge is 2.49. The van der Waals surface area contributed by atoms with E-state index in [9.17, 15) is 9.90 Å². The minimum Gasteiger partial charge on any atom is -0.492 e. The van der Waals surface area contributed by atoms with Gasteiger partial charge >= 0.3 is 5.97 Å². The van der Waals surface area contributed by atoms with Crippen LogP contribution in [0, 0.1) is 17.3 Å². The molecule has 0 amide bonds. The highest BCUT2D eigenvalue weighted by atomic mass is 16.5. The summed E-state index contributed by atoms with van der Waals surface area (Å²) in [5, 5.41) is 9.91. The van der Waals surface area contributed by atoms with Crippen molar-refractivity contribution in [2.75, 3.05) is 6.61 Å². The van der Waals surface area contributed by atoms with Crippen molar-refractivity contribution in [3.63, 3.8) is 0 Å². The normalized spacial score (nSPS) is 32.0. The molecular weight excluding hydrogens is 264 g/mol. The number of benzene rings is 1. The van der Waals surface area contributed by atoms with E-state index in [-0.39, 0.29) is 5.92 Å². The molecule has 0 bridgehead atoms. The zero-order valence-corrected chi connectivity index (χ0v) is 12.7. The Morgan fingerprint density at radius 3 is 2.67 bits per heavy atom. The number of ether oxygens (including phenoxy) is 1. The highest BCUT2D eigenvalue weighted by molar-refractivity contribution is 5.76. The van der Waals surface area contributed by atoms with E-state index in [0.29, 0.717) is 13.0 Å². The van der Waals surface area contributed by atoms with Crippen LogP contribution >= 0.6 is 0 Å². The molecule has 114 valence electrons. The second kappa shape index (κ2) is 5.70. The number of fused-ring (bicyclic) bond motifs is 1. The Kier molecular flexibility index (Phi) is 3.92. The van der Waals surface area contributed by atoms with Gasteiger partial charge < -0.3 is 9.84 Å². The van der Waals surface area contributed by atoms with E-state index >= 15 is 0 Å². The first-order chi connectivity index (χ1) is 10.2. The first-order valence-corrected chi connectivity index (χ1v) is 8.10. The first-order valence-electron chi connectivity index (χ1n) is 8.10. The predicted molar refractivity (Wildman–Crippen MR) is 81.4 cm³/mol. The molecule has 0 aromatic heterocycles. The predicted octanol–water partition coefficient (Wildman–Crippen LogP) is 3.91. The van der Waals surface area contributed by atoms with Crippen molar-refractivity contribution in [3.05, 3.63) is 29.8 Å². The van der Waals surface area contributed by atoms with Crippen LogP contribution in [0.25, 0.3) is 0 Å². The van der Waals surface area contributed by atoms with Crippen molar-refractivity contribution in [2.24, 2.45) is 17.3 Å². The zero-order chi connectivity index (χ0) is 14.9. The minimum atomic E-state index is -0.729. The van der Waals surface area contributed by atoms with E-state index in [2.05, 4.69) is 6.92 Å². The molecule has 0 radical (unpaired) electrons. The second-order valence-electron chi connectivity index (χ2n) is 6.66. The van der Waals surface area contributed by atoms with Crippen LogP contribution in [0.5, 0.6) is 5.75 Å². The summed E-state index contributed by atoms with van der Waals surface area (Å²) < 4.78 is 5.83. The van der Waals surface area contributed by atoms with Gasteiger partial charge in [-0.3, -0.25) is 4.79 Å². The summed E-state index contributed by atoms with van der Waals surface area (Å²) >= 11 is 0. The molecule has 1 aromatic carbocycles. The average molecular weight is 288 g/mol. The third-order valence-electron chi connectivity index (χ3n) is 5.60. The topological polar surface area (TPSA) is 46.5 Å². The molecule has 2 aliphatic rings. The molecular formula is C18H24O3. The minimum absolute atomic E-state index is 0.242. The molecule has 1 N–H and O–H groups in total. The van der Waals surface area contributed by atoms with Gasteiger partial charge in [0.1, 0.15) is 17.8 Å². The maximum atomic E-state index is 12.1. The van der Waals surface area contributed by atoms with Gasteiger partial charge in [0.25, 0.3) is 0 Å². The summed E-state index contributed by atoms with van der Waals surface area (Å²) in [6.45, 7) is 2.55. The number of hydrogen-bond donors (Lipinski definition) is 1. The van der Waals surface area contributed by atoms with Crippen LogP contribution < -0.4 is 4.74 Å². The van der Waals surface area contributed by atoms with E-state index in [1.165, 1.54) is 6.42 Å². The maximum Gasteiger partial charge on any atom is 0.313 e. The quantitative estimate of drug-likeness (QED) is 0.917. The summed E-state index contributed by atoms with van der Waals surface area (Å²) in [5.74, 6) is 1.20. The Morgan fingerprint density at radius 1 is 1.29 bits per heavy atom. The molecule has 1 fully saturated rings. The largest absolute Gasteiger partial charge is 0.492 e. The Morgan fingerprint density at radius 2 is 2.00 bits per heavy atom. The average Bonchev–Trinajstić information content (AvgIpc) is 2.54. The lowest BCUT2D eigenvalue weighted by Crippen LogP contribution is -2.48. The van der Waals surface area contributed by atoms with Gasteiger partial charge in [0.2, 0.25) is 0 Å². The first kappa shape index (κ1) is 14.4. The maximum absolute atomic E-state index is 12.1. The second-order valence-corrected chi connectivity index (χ2v) is 6.66. The number of para-hydroxylation sites is 1. The van der Waals surface area contributed by atoms with Crippen LogP contribution in [0.4, 0.5) is 0 Å². The van der Waals surface area contributed by atoms with Gasteiger partial charge in [-0.15, -0.1) is 0 Å². The molecule has 1 aromatic rings. The molecule has 1 saturated carbocycles. The van der Waals surface area contributed by atoms with Crippen molar-refractivity contribution in [1.82, 2.24) is 0 Å². The number of carboxylic acids is 1. The summed E-state index contributed by atoms with van der Waals surface area (Å²) in [7, 11) is 0.